The minimum absolute atomic E-state index is 0.396. The van der Waals surface area contributed by atoms with Gasteiger partial charge in [-0.15, -0.1) is 0 Å². The molecule has 0 aromatic heterocycles. The maximum Gasteiger partial charge on any atom is 0.0627 e. The van der Waals surface area contributed by atoms with E-state index >= 15 is 0 Å². The fourth-order valence-electron chi connectivity index (χ4n) is 1.44. The Morgan fingerprint density at radius 2 is 2.25 bits per heavy atom. The fraction of sp³-hybridized carbons (Fsp3) is 0.800. The van der Waals surface area contributed by atoms with Gasteiger partial charge in [0, 0.05) is 12.6 Å². The normalized spacial score (nSPS) is 35.4. The van der Waals surface area contributed by atoms with Gasteiger partial charge < -0.3 is 10.1 Å². The number of rotatable bonds is 3. The molecule has 0 aromatic rings. The van der Waals surface area contributed by atoms with E-state index in [0.717, 1.165) is 13.2 Å². The highest BCUT2D eigenvalue weighted by Gasteiger charge is 2.29. The first-order valence-electron chi connectivity index (χ1n) is 4.60. The van der Waals surface area contributed by atoms with Gasteiger partial charge in [0.1, 0.15) is 0 Å². The Bertz CT molecular complexity index is 167. The zero-order valence-electron chi connectivity index (χ0n) is 8.26. The quantitative estimate of drug-likeness (QED) is 0.648. The third-order valence-corrected chi connectivity index (χ3v) is 2.58. The molecular weight excluding hydrogens is 150 g/mol. The molecule has 1 aliphatic rings. The van der Waals surface area contributed by atoms with Crippen LogP contribution < -0.4 is 5.32 Å². The lowest BCUT2D eigenvalue weighted by molar-refractivity contribution is 0.108. The van der Waals surface area contributed by atoms with Crippen molar-refractivity contribution in [3.63, 3.8) is 0 Å². The molecule has 2 nitrogen and oxygen atoms in total. The third kappa shape index (κ3) is 2.32. The number of ether oxygens (including phenoxy) is 1. The standard InChI is InChI=1S/C10H19NO/c1-7(2)5-11-10-6-12-9(4)8(10)3/h8-11H,1,5-6H2,2-4H3. The van der Waals surface area contributed by atoms with Crippen LogP contribution in [0.15, 0.2) is 12.2 Å². The van der Waals surface area contributed by atoms with Crippen molar-refractivity contribution in [3.8, 4) is 0 Å². The molecule has 0 bridgehead atoms. The zero-order chi connectivity index (χ0) is 9.14. The molecule has 3 atom stereocenters. The fourth-order valence-corrected chi connectivity index (χ4v) is 1.44. The van der Waals surface area contributed by atoms with Crippen molar-refractivity contribution in [1.82, 2.24) is 5.32 Å². The molecule has 12 heavy (non-hydrogen) atoms. The van der Waals surface area contributed by atoms with E-state index in [1.54, 1.807) is 0 Å². The highest BCUT2D eigenvalue weighted by molar-refractivity contribution is 4.94. The van der Waals surface area contributed by atoms with Crippen molar-refractivity contribution in [3.05, 3.63) is 12.2 Å². The molecule has 1 fully saturated rings. The summed E-state index contributed by atoms with van der Waals surface area (Å²) in [5.74, 6) is 0.615. The van der Waals surface area contributed by atoms with Gasteiger partial charge in [-0.1, -0.05) is 19.1 Å². The van der Waals surface area contributed by atoms with Gasteiger partial charge in [-0.3, -0.25) is 0 Å². The molecule has 0 saturated carbocycles. The molecule has 1 rings (SSSR count). The van der Waals surface area contributed by atoms with Gasteiger partial charge in [0.05, 0.1) is 12.7 Å². The first-order valence-corrected chi connectivity index (χ1v) is 4.60. The van der Waals surface area contributed by atoms with E-state index in [4.69, 9.17) is 4.74 Å². The van der Waals surface area contributed by atoms with Crippen LogP contribution in [0.5, 0.6) is 0 Å². The summed E-state index contributed by atoms with van der Waals surface area (Å²) < 4.78 is 5.52. The van der Waals surface area contributed by atoms with Crippen LogP contribution in [-0.2, 0) is 4.74 Å². The van der Waals surface area contributed by atoms with E-state index < -0.39 is 0 Å². The summed E-state index contributed by atoms with van der Waals surface area (Å²) in [6.45, 7) is 12.0. The second-order valence-electron chi connectivity index (χ2n) is 3.84. The molecular formula is C10H19NO. The van der Waals surface area contributed by atoms with Crippen LogP contribution >= 0.6 is 0 Å². The Balaban J connectivity index is 2.29. The Morgan fingerprint density at radius 1 is 1.58 bits per heavy atom. The first-order chi connectivity index (χ1) is 5.61. The second kappa shape index (κ2) is 4.06. The van der Waals surface area contributed by atoms with E-state index in [1.807, 2.05) is 6.92 Å². The Morgan fingerprint density at radius 3 is 2.67 bits per heavy atom. The van der Waals surface area contributed by atoms with Crippen LogP contribution in [0.3, 0.4) is 0 Å². The van der Waals surface area contributed by atoms with Crippen LogP contribution in [0.25, 0.3) is 0 Å². The molecule has 2 heteroatoms. The molecule has 0 radical (unpaired) electrons. The summed E-state index contributed by atoms with van der Waals surface area (Å²) in [4.78, 5) is 0. The zero-order valence-corrected chi connectivity index (χ0v) is 8.26. The summed E-state index contributed by atoms with van der Waals surface area (Å²) in [5.41, 5.74) is 1.18. The molecule has 1 saturated heterocycles. The van der Waals surface area contributed by atoms with Crippen molar-refractivity contribution in [1.29, 1.82) is 0 Å². The van der Waals surface area contributed by atoms with E-state index in [9.17, 15) is 0 Å². The second-order valence-corrected chi connectivity index (χ2v) is 3.84. The summed E-state index contributed by atoms with van der Waals surface area (Å²) in [5, 5.41) is 3.44. The van der Waals surface area contributed by atoms with Crippen LogP contribution in [-0.4, -0.2) is 25.3 Å². The van der Waals surface area contributed by atoms with Crippen LogP contribution in [0.4, 0.5) is 0 Å². The van der Waals surface area contributed by atoms with Crippen LogP contribution in [0.1, 0.15) is 20.8 Å². The van der Waals surface area contributed by atoms with Gasteiger partial charge in [0.25, 0.3) is 0 Å². The van der Waals surface area contributed by atoms with Gasteiger partial charge in [-0.25, -0.2) is 0 Å². The Kier molecular flexibility index (Phi) is 3.29. The highest BCUT2D eigenvalue weighted by Crippen LogP contribution is 2.20. The topological polar surface area (TPSA) is 21.3 Å². The molecule has 1 heterocycles. The number of hydrogen-bond acceptors (Lipinski definition) is 2. The van der Waals surface area contributed by atoms with Crippen LogP contribution in [0, 0.1) is 5.92 Å². The maximum atomic E-state index is 5.52. The average molecular weight is 169 g/mol. The van der Waals surface area contributed by atoms with E-state index in [2.05, 4.69) is 25.7 Å². The van der Waals surface area contributed by atoms with Crippen molar-refractivity contribution >= 4 is 0 Å². The van der Waals surface area contributed by atoms with Gasteiger partial charge in [-0.2, -0.15) is 0 Å². The lowest BCUT2D eigenvalue weighted by Gasteiger charge is -2.16. The summed E-state index contributed by atoms with van der Waals surface area (Å²) >= 11 is 0. The van der Waals surface area contributed by atoms with Crippen LogP contribution in [0.2, 0.25) is 0 Å². The lowest BCUT2D eigenvalue weighted by atomic mass is 10.0. The Labute approximate surface area is 75.0 Å². The summed E-state index contributed by atoms with van der Waals surface area (Å²) in [7, 11) is 0. The van der Waals surface area contributed by atoms with Gasteiger partial charge in [0.2, 0.25) is 0 Å². The SMILES string of the molecule is C=C(C)CNC1COC(C)C1C. The highest BCUT2D eigenvalue weighted by atomic mass is 16.5. The largest absolute Gasteiger partial charge is 0.377 e. The Hall–Kier alpha value is -0.340. The van der Waals surface area contributed by atoms with E-state index in [0.29, 0.717) is 18.1 Å². The molecule has 0 amide bonds. The van der Waals surface area contributed by atoms with Crippen molar-refractivity contribution < 1.29 is 4.74 Å². The number of nitrogens with one attached hydrogen (secondary N) is 1. The van der Waals surface area contributed by atoms with Crippen molar-refractivity contribution in [2.45, 2.75) is 32.9 Å². The van der Waals surface area contributed by atoms with Gasteiger partial charge in [0.15, 0.2) is 0 Å². The average Bonchev–Trinajstić information content (AvgIpc) is 2.30. The molecule has 0 aliphatic carbocycles. The van der Waals surface area contributed by atoms with Gasteiger partial charge >= 0.3 is 0 Å². The smallest absolute Gasteiger partial charge is 0.0627 e. The predicted molar refractivity (Wildman–Crippen MR) is 51.2 cm³/mol. The lowest BCUT2D eigenvalue weighted by Crippen LogP contribution is -2.36. The van der Waals surface area contributed by atoms with Crippen molar-refractivity contribution in [2.75, 3.05) is 13.2 Å². The molecule has 70 valence electrons. The predicted octanol–water partition coefficient (Wildman–Crippen LogP) is 1.58. The number of hydrogen-bond donors (Lipinski definition) is 1. The third-order valence-electron chi connectivity index (χ3n) is 2.58. The maximum absolute atomic E-state index is 5.52. The molecule has 1 aliphatic heterocycles. The van der Waals surface area contributed by atoms with E-state index in [-0.39, 0.29) is 0 Å². The summed E-state index contributed by atoms with van der Waals surface area (Å²) in [6.07, 6.45) is 0.396. The minimum atomic E-state index is 0.396. The van der Waals surface area contributed by atoms with Gasteiger partial charge in [-0.05, 0) is 19.8 Å². The van der Waals surface area contributed by atoms with Crippen molar-refractivity contribution in [2.24, 2.45) is 5.92 Å². The first kappa shape index (κ1) is 9.75. The van der Waals surface area contributed by atoms with E-state index in [1.165, 1.54) is 5.57 Å². The minimum Gasteiger partial charge on any atom is -0.377 e. The molecule has 1 N–H and O–H groups in total. The molecule has 0 aromatic carbocycles. The monoisotopic (exact) mass is 169 g/mol. The summed E-state index contributed by atoms with van der Waals surface area (Å²) in [6, 6.07) is 0.511. The molecule has 0 spiro atoms. The molecule has 3 unspecified atom stereocenters.